The second-order valence-corrected chi connectivity index (χ2v) is 6.25. The van der Waals surface area contributed by atoms with Gasteiger partial charge in [0.2, 0.25) is 0 Å². The van der Waals surface area contributed by atoms with Gasteiger partial charge in [-0.15, -0.1) is 0 Å². The predicted octanol–water partition coefficient (Wildman–Crippen LogP) is 2.10. The quantitative estimate of drug-likeness (QED) is 0.788. The molecule has 1 aromatic carbocycles. The van der Waals surface area contributed by atoms with Crippen molar-refractivity contribution in [2.75, 3.05) is 18.0 Å². The van der Waals surface area contributed by atoms with Crippen LogP contribution in [0.5, 0.6) is 0 Å². The summed E-state index contributed by atoms with van der Waals surface area (Å²) < 4.78 is 20.5. The Morgan fingerprint density at radius 1 is 1.36 bits per heavy atom. The number of nitrogens with one attached hydrogen (secondary N) is 1. The van der Waals surface area contributed by atoms with E-state index in [0.717, 1.165) is 12.8 Å². The molecule has 3 heterocycles. The molecular formula is C17H18FN5O2. The number of oxazole rings is 1. The first kappa shape index (κ1) is 15.6. The van der Waals surface area contributed by atoms with Crippen molar-refractivity contribution in [3.05, 3.63) is 42.0 Å². The van der Waals surface area contributed by atoms with Crippen LogP contribution in [0.15, 0.2) is 35.0 Å². The lowest BCUT2D eigenvalue weighted by molar-refractivity contribution is 0.0931. The van der Waals surface area contributed by atoms with Crippen LogP contribution in [-0.4, -0.2) is 39.8 Å². The summed E-state index contributed by atoms with van der Waals surface area (Å²) in [5, 5.41) is 7.04. The third-order valence-electron chi connectivity index (χ3n) is 4.41. The average Bonchev–Trinajstić information content (AvgIpc) is 3.21. The largest absolute Gasteiger partial charge is 0.423 e. The fraction of sp³-hybridized carbons (Fsp3) is 0.353. The lowest BCUT2D eigenvalue weighted by Crippen LogP contribution is -2.44. The van der Waals surface area contributed by atoms with Crippen LogP contribution < -0.4 is 10.2 Å². The molecule has 1 N–H and O–H groups in total. The molecule has 1 saturated heterocycles. The second-order valence-electron chi connectivity index (χ2n) is 6.25. The zero-order chi connectivity index (χ0) is 17.4. The number of halogens is 1. The molecule has 0 bridgehead atoms. The lowest BCUT2D eigenvalue weighted by Gasteiger charge is -2.31. The van der Waals surface area contributed by atoms with Gasteiger partial charge in [-0.25, -0.2) is 4.39 Å². The Balaban J connectivity index is 1.38. The van der Waals surface area contributed by atoms with Crippen LogP contribution >= 0.6 is 0 Å². The summed E-state index contributed by atoms with van der Waals surface area (Å²) in [4.78, 5) is 18.6. The molecule has 0 unspecified atom stereocenters. The Labute approximate surface area is 143 Å². The first-order valence-corrected chi connectivity index (χ1v) is 8.19. The van der Waals surface area contributed by atoms with Crippen molar-refractivity contribution in [3.8, 4) is 0 Å². The molecule has 0 radical (unpaired) electrons. The Morgan fingerprint density at radius 3 is 2.88 bits per heavy atom. The standard InChI is InChI=1S/C17H18FN5O2/c1-22-10-11(9-19-22)16(24)20-13-4-6-23(7-5-13)17-21-14-3-2-12(18)8-15(14)25-17/h2-3,8-10,13H,4-7H2,1H3,(H,20,24). The lowest BCUT2D eigenvalue weighted by atomic mass is 10.1. The van der Waals surface area contributed by atoms with Crippen LogP contribution in [0.2, 0.25) is 0 Å². The van der Waals surface area contributed by atoms with Gasteiger partial charge in [0.1, 0.15) is 11.3 Å². The average molecular weight is 343 g/mol. The number of nitrogens with zero attached hydrogens (tertiary/aromatic N) is 4. The molecule has 8 heteroatoms. The maximum absolute atomic E-state index is 13.3. The number of anilines is 1. The Morgan fingerprint density at radius 2 is 2.16 bits per heavy atom. The van der Waals surface area contributed by atoms with Gasteiger partial charge in [-0.2, -0.15) is 10.1 Å². The number of rotatable bonds is 3. The number of hydrogen-bond donors (Lipinski definition) is 1. The molecule has 25 heavy (non-hydrogen) atoms. The zero-order valence-corrected chi connectivity index (χ0v) is 13.8. The van der Waals surface area contributed by atoms with E-state index < -0.39 is 0 Å². The molecule has 130 valence electrons. The topological polar surface area (TPSA) is 76.2 Å². The first-order valence-electron chi connectivity index (χ1n) is 8.19. The van der Waals surface area contributed by atoms with Gasteiger partial charge in [0, 0.05) is 38.4 Å². The predicted molar refractivity (Wildman–Crippen MR) is 89.9 cm³/mol. The highest BCUT2D eigenvalue weighted by atomic mass is 19.1. The number of hydrogen-bond acceptors (Lipinski definition) is 5. The maximum Gasteiger partial charge on any atom is 0.298 e. The molecule has 0 aliphatic carbocycles. The number of carbonyl (C=O) groups is 1. The molecule has 7 nitrogen and oxygen atoms in total. The summed E-state index contributed by atoms with van der Waals surface area (Å²) in [7, 11) is 1.78. The van der Waals surface area contributed by atoms with Gasteiger partial charge in [0.05, 0.1) is 11.8 Å². The Hall–Kier alpha value is -2.90. The van der Waals surface area contributed by atoms with Crippen LogP contribution in [0.3, 0.4) is 0 Å². The number of fused-ring (bicyclic) bond motifs is 1. The highest BCUT2D eigenvalue weighted by Crippen LogP contribution is 2.25. The second kappa shape index (κ2) is 6.19. The number of aromatic nitrogens is 3. The fourth-order valence-electron chi connectivity index (χ4n) is 3.04. The molecule has 1 amide bonds. The van der Waals surface area contributed by atoms with E-state index in [2.05, 4.69) is 15.4 Å². The Kier molecular flexibility index (Phi) is 3.87. The summed E-state index contributed by atoms with van der Waals surface area (Å²) in [6.07, 6.45) is 4.84. The van der Waals surface area contributed by atoms with Crippen molar-refractivity contribution < 1.29 is 13.6 Å². The zero-order valence-electron chi connectivity index (χ0n) is 13.8. The van der Waals surface area contributed by atoms with E-state index in [1.165, 1.54) is 12.1 Å². The number of benzene rings is 1. The van der Waals surface area contributed by atoms with E-state index in [-0.39, 0.29) is 17.8 Å². The van der Waals surface area contributed by atoms with E-state index in [1.54, 1.807) is 30.2 Å². The van der Waals surface area contributed by atoms with E-state index in [0.29, 0.717) is 35.8 Å². The summed E-state index contributed by atoms with van der Waals surface area (Å²) in [5.74, 6) is -0.448. The van der Waals surface area contributed by atoms with Gasteiger partial charge in [0.15, 0.2) is 5.58 Å². The van der Waals surface area contributed by atoms with Crippen molar-refractivity contribution in [3.63, 3.8) is 0 Å². The van der Waals surface area contributed by atoms with Gasteiger partial charge in [-0.1, -0.05) is 0 Å². The molecule has 2 aromatic heterocycles. The minimum absolute atomic E-state index is 0.103. The van der Waals surface area contributed by atoms with Crippen molar-refractivity contribution in [2.45, 2.75) is 18.9 Å². The van der Waals surface area contributed by atoms with E-state index >= 15 is 0 Å². The fourth-order valence-corrected chi connectivity index (χ4v) is 3.04. The minimum atomic E-state index is -0.341. The Bertz CT molecular complexity index is 911. The van der Waals surface area contributed by atoms with Gasteiger partial charge < -0.3 is 14.6 Å². The van der Waals surface area contributed by atoms with Crippen LogP contribution in [0.1, 0.15) is 23.2 Å². The molecule has 4 rings (SSSR count). The summed E-state index contributed by atoms with van der Waals surface area (Å²) >= 11 is 0. The van der Waals surface area contributed by atoms with Crippen LogP contribution in [0.25, 0.3) is 11.1 Å². The van der Waals surface area contributed by atoms with Crippen LogP contribution in [0, 0.1) is 5.82 Å². The number of aryl methyl sites for hydroxylation is 1. The van der Waals surface area contributed by atoms with E-state index in [1.807, 2.05) is 4.90 Å². The summed E-state index contributed by atoms with van der Waals surface area (Å²) in [6, 6.07) is 4.92. The van der Waals surface area contributed by atoms with Crippen molar-refractivity contribution in [2.24, 2.45) is 7.05 Å². The molecule has 3 aromatic rings. The van der Waals surface area contributed by atoms with Crippen LogP contribution in [0.4, 0.5) is 10.4 Å². The highest BCUT2D eigenvalue weighted by molar-refractivity contribution is 5.93. The van der Waals surface area contributed by atoms with Crippen LogP contribution in [-0.2, 0) is 7.05 Å². The normalized spacial score (nSPS) is 15.7. The van der Waals surface area contributed by atoms with Crippen molar-refractivity contribution in [1.29, 1.82) is 0 Å². The van der Waals surface area contributed by atoms with Crippen molar-refractivity contribution in [1.82, 2.24) is 20.1 Å². The minimum Gasteiger partial charge on any atom is -0.423 e. The smallest absolute Gasteiger partial charge is 0.298 e. The van der Waals surface area contributed by atoms with Crippen molar-refractivity contribution >= 4 is 23.0 Å². The van der Waals surface area contributed by atoms with Gasteiger partial charge in [0.25, 0.3) is 11.9 Å². The van der Waals surface area contributed by atoms with Gasteiger partial charge in [-0.05, 0) is 25.0 Å². The third kappa shape index (κ3) is 3.19. The monoisotopic (exact) mass is 343 g/mol. The molecule has 0 atom stereocenters. The molecule has 1 aliphatic rings. The SMILES string of the molecule is Cn1cc(C(=O)NC2CCN(c3nc4ccc(F)cc4o3)CC2)cn1. The molecule has 0 spiro atoms. The first-order chi connectivity index (χ1) is 12.1. The summed E-state index contributed by atoms with van der Waals surface area (Å²) in [6.45, 7) is 1.43. The van der Waals surface area contributed by atoms with Gasteiger partial charge >= 0.3 is 0 Å². The maximum atomic E-state index is 13.3. The summed E-state index contributed by atoms with van der Waals surface area (Å²) in [5.41, 5.74) is 1.65. The number of piperidine rings is 1. The molecule has 1 aliphatic heterocycles. The number of amides is 1. The third-order valence-corrected chi connectivity index (χ3v) is 4.41. The molecule has 0 saturated carbocycles. The van der Waals surface area contributed by atoms with Gasteiger partial charge in [-0.3, -0.25) is 9.48 Å². The molecule has 1 fully saturated rings. The number of carbonyl (C=O) groups excluding carboxylic acids is 1. The highest BCUT2D eigenvalue weighted by Gasteiger charge is 2.24. The van der Waals surface area contributed by atoms with E-state index in [9.17, 15) is 9.18 Å². The van der Waals surface area contributed by atoms with E-state index in [4.69, 9.17) is 4.42 Å². The molecular weight excluding hydrogens is 325 g/mol.